The van der Waals surface area contributed by atoms with E-state index in [2.05, 4.69) is 0 Å². The molecule has 0 aliphatic carbocycles. The lowest BCUT2D eigenvalue weighted by Gasteiger charge is -2.14. The van der Waals surface area contributed by atoms with Crippen molar-refractivity contribution >= 4 is 27.6 Å². The molecule has 0 fully saturated rings. The molecule has 1 rings (SSSR count). The van der Waals surface area contributed by atoms with Crippen LogP contribution in [0.1, 0.15) is 12.0 Å². The Morgan fingerprint density at radius 2 is 2.15 bits per heavy atom. The van der Waals surface area contributed by atoms with Gasteiger partial charge in [-0.3, -0.25) is 4.79 Å². The van der Waals surface area contributed by atoms with Crippen molar-refractivity contribution in [3.05, 3.63) is 28.8 Å². The van der Waals surface area contributed by atoms with Crippen LogP contribution in [0.2, 0.25) is 5.02 Å². The van der Waals surface area contributed by atoms with Gasteiger partial charge in [0.1, 0.15) is 10.9 Å². The molecule has 0 aromatic heterocycles. The molecule has 7 nitrogen and oxygen atoms in total. The minimum Gasteiger partial charge on any atom is -0.480 e. The summed E-state index contributed by atoms with van der Waals surface area (Å²) in [5.74, 6) is -1.42. The number of hydrogen-bond acceptors (Lipinski definition) is 5. The number of nitrogens with one attached hydrogen (secondary N) is 1. The van der Waals surface area contributed by atoms with E-state index in [1.807, 2.05) is 4.72 Å². The van der Waals surface area contributed by atoms with Crippen molar-refractivity contribution in [3.8, 4) is 6.07 Å². The number of hydrogen-bond donors (Lipinski definition) is 3. The van der Waals surface area contributed by atoms with Crippen molar-refractivity contribution in [2.24, 2.45) is 0 Å². The van der Waals surface area contributed by atoms with Gasteiger partial charge in [-0.15, -0.1) is 0 Å². The zero-order chi connectivity index (χ0) is 15.3. The average molecular weight is 319 g/mol. The van der Waals surface area contributed by atoms with E-state index < -0.39 is 28.6 Å². The highest BCUT2D eigenvalue weighted by Crippen LogP contribution is 2.22. The molecule has 3 N–H and O–H groups in total. The molecule has 0 aliphatic rings. The second-order valence-electron chi connectivity index (χ2n) is 3.78. The highest BCUT2D eigenvalue weighted by atomic mass is 35.5. The van der Waals surface area contributed by atoms with Gasteiger partial charge in [0.15, 0.2) is 0 Å². The molecule has 0 amide bonds. The Morgan fingerprint density at radius 3 is 2.65 bits per heavy atom. The number of halogens is 1. The maximum absolute atomic E-state index is 12.1. The number of nitrogens with zero attached hydrogens (tertiary/aromatic N) is 1. The van der Waals surface area contributed by atoms with E-state index in [-0.39, 0.29) is 21.9 Å². The van der Waals surface area contributed by atoms with Gasteiger partial charge in [0.25, 0.3) is 0 Å². The normalized spacial score (nSPS) is 12.7. The van der Waals surface area contributed by atoms with Gasteiger partial charge in [0, 0.05) is 6.61 Å². The van der Waals surface area contributed by atoms with Gasteiger partial charge in [-0.25, -0.2) is 8.42 Å². The van der Waals surface area contributed by atoms with Gasteiger partial charge in [0.2, 0.25) is 10.0 Å². The third-order valence-corrected chi connectivity index (χ3v) is 4.32. The SMILES string of the molecule is N#Cc1ccc(Cl)c(S(=O)(=O)N[C@H](CCO)C(=O)O)c1. The number of aliphatic hydroxyl groups is 1. The van der Waals surface area contributed by atoms with Crippen LogP contribution < -0.4 is 4.72 Å². The molecule has 0 unspecified atom stereocenters. The van der Waals surface area contributed by atoms with E-state index in [1.54, 1.807) is 6.07 Å². The summed E-state index contributed by atoms with van der Waals surface area (Å²) < 4.78 is 26.0. The molecule has 20 heavy (non-hydrogen) atoms. The van der Waals surface area contributed by atoms with Crippen molar-refractivity contribution in [2.75, 3.05) is 6.61 Å². The minimum atomic E-state index is -4.21. The fourth-order valence-electron chi connectivity index (χ4n) is 1.39. The molecule has 0 radical (unpaired) electrons. The monoisotopic (exact) mass is 318 g/mol. The lowest BCUT2D eigenvalue weighted by atomic mass is 10.2. The van der Waals surface area contributed by atoms with Crippen molar-refractivity contribution in [1.82, 2.24) is 4.72 Å². The topological polar surface area (TPSA) is 127 Å². The molecule has 1 aromatic carbocycles. The molecule has 1 aromatic rings. The maximum atomic E-state index is 12.1. The summed E-state index contributed by atoms with van der Waals surface area (Å²) >= 11 is 5.75. The first-order chi connectivity index (χ1) is 9.31. The predicted molar refractivity (Wildman–Crippen MR) is 69.6 cm³/mol. The Kier molecular flexibility index (Phi) is 5.47. The Labute approximate surface area is 120 Å². The fraction of sp³-hybridized carbons (Fsp3) is 0.273. The number of aliphatic carboxylic acids is 1. The molecule has 0 saturated carbocycles. The van der Waals surface area contributed by atoms with Crippen molar-refractivity contribution in [3.63, 3.8) is 0 Å². The molecule has 1 atom stereocenters. The number of benzene rings is 1. The highest BCUT2D eigenvalue weighted by Gasteiger charge is 2.26. The molecule has 0 spiro atoms. The number of nitriles is 1. The quantitative estimate of drug-likeness (QED) is 0.693. The summed E-state index contributed by atoms with van der Waals surface area (Å²) in [6, 6.07) is 3.89. The van der Waals surface area contributed by atoms with Crippen LogP contribution in [0, 0.1) is 11.3 Å². The van der Waals surface area contributed by atoms with Crippen LogP contribution >= 0.6 is 11.6 Å². The van der Waals surface area contributed by atoms with Crippen LogP contribution in [0.4, 0.5) is 0 Å². The Morgan fingerprint density at radius 1 is 1.50 bits per heavy atom. The van der Waals surface area contributed by atoms with Gasteiger partial charge < -0.3 is 10.2 Å². The van der Waals surface area contributed by atoms with Crippen molar-refractivity contribution in [2.45, 2.75) is 17.4 Å². The maximum Gasteiger partial charge on any atom is 0.321 e. The molecule has 0 aliphatic heterocycles. The fourth-order valence-corrected chi connectivity index (χ4v) is 3.14. The molecular weight excluding hydrogens is 308 g/mol. The number of carboxylic acids is 1. The first kappa shape index (κ1) is 16.4. The third kappa shape index (κ3) is 3.91. The molecule has 108 valence electrons. The largest absolute Gasteiger partial charge is 0.480 e. The van der Waals surface area contributed by atoms with E-state index in [0.717, 1.165) is 6.07 Å². The van der Waals surface area contributed by atoms with Crippen LogP contribution in [-0.2, 0) is 14.8 Å². The predicted octanol–water partition coefficient (Wildman–Crippen LogP) is 0.326. The first-order valence-corrected chi connectivity index (χ1v) is 7.23. The summed E-state index contributed by atoms with van der Waals surface area (Å²) in [6.07, 6.45) is -0.288. The van der Waals surface area contributed by atoms with E-state index in [9.17, 15) is 13.2 Å². The second kappa shape index (κ2) is 6.67. The summed E-state index contributed by atoms with van der Waals surface area (Å²) in [5.41, 5.74) is 0.0730. The summed E-state index contributed by atoms with van der Waals surface area (Å²) in [5, 5.41) is 26.2. The first-order valence-electron chi connectivity index (χ1n) is 5.37. The van der Waals surface area contributed by atoms with Crippen LogP contribution in [0.5, 0.6) is 0 Å². The number of aliphatic hydroxyl groups excluding tert-OH is 1. The van der Waals surface area contributed by atoms with Gasteiger partial charge in [-0.2, -0.15) is 9.98 Å². The minimum absolute atomic E-state index is 0.0730. The smallest absolute Gasteiger partial charge is 0.321 e. The van der Waals surface area contributed by atoms with E-state index in [1.165, 1.54) is 12.1 Å². The molecule has 0 heterocycles. The van der Waals surface area contributed by atoms with Crippen LogP contribution in [0.15, 0.2) is 23.1 Å². The Balaban J connectivity index is 3.17. The third-order valence-electron chi connectivity index (χ3n) is 2.36. The van der Waals surface area contributed by atoms with Gasteiger partial charge >= 0.3 is 5.97 Å². The lowest BCUT2D eigenvalue weighted by Crippen LogP contribution is -2.41. The zero-order valence-corrected chi connectivity index (χ0v) is 11.6. The van der Waals surface area contributed by atoms with E-state index in [4.69, 9.17) is 27.1 Å². The Bertz CT molecular complexity index is 653. The molecule has 9 heteroatoms. The Hall–Kier alpha value is -1.66. The van der Waals surface area contributed by atoms with Crippen molar-refractivity contribution < 1.29 is 23.4 Å². The summed E-state index contributed by atoms with van der Waals surface area (Å²) in [7, 11) is -4.21. The van der Waals surface area contributed by atoms with Gasteiger partial charge in [-0.1, -0.05) is 11.6 Å². The van der Waals surface area contributed by atoms with E-state index >= 15 is 0 Å². The number of carbonyl (C=O) groups is 1. The van der Waals surface area contributed by atoms with Gasteiger partial charge in [-0.05, 0) is 24.6 Å². The van der Waals surface area contributed by atoms with Crippen LogP contribution in [-0.4, -0.2) is 37.2 Å². The van der Waals surface area contributed by atoms with Crippen LogP contribution in [0.25, 0.3) is 0 Å². The number of rotatable bonds is 6. The standard InChI is InChI=1S/C11H11ClN2O5S/c12-8-2-1-7(6-13)5-10(8)20(18,19)14-9(3-4-15)11(16)17/h1-2,5,9,14-15H,3-4H2,(H,16,17)/t9-/m1/s1. The molecular formula is C11H11ClN2O5S. The number of sulfonamides is 1. The van der Waals surface area contributed by atoms with Crippen LogP contribution in [0.3, 0.4) is 0 Å². The number of carboxylic acid groups (broad SMARTS) is 1. The van der Waals surface area contributed by atoms with E-state index in [0.29, 0.717) is 0 Å². The second-order valence-corrected chi connectivity index (χ2v) is 5.87. The van der Waals surface area contributed by atoms with Crippen molar-refractivity contribution in [1.29, 1.82) is 5.26 Å². The average Bonchev–Trinajstić information content (AvgIpc) is 2.38. The molecule has 0 saturated heterocycles. The zero-order valence-electron chi connectivity index (χ0n) is 10.1. The summed E-state index contributed by atoms with van der Waals surface area (Å²) in [6.45, 7) is -0.495. The van der Waals surface area contributed by atoms with Gasteiger partial charge in [0.05, 0.1) is 16.7 Å². The lowest BCUT2D eigenvalue weighted by molar-refractivity contribution is -0.139. The molecule has 0 bridgehead atoms. The highest BCUT2D eigenvalue weighted by molar-refractivity contribution is 7.89. The summed E-state index contributed by atoms with van der Waals surface area (Å²) in [4.78, 5) is 10.5.